The van der Waals surface area contributed by atoms with Crippen molar-refractivity contribution >= 4 is 22.9 Å². The average Bonchev–Trinajstić information content (AvgIpc) is 3.42. The molecule has 3 heterocycles. The van der Waals surface area contributed by atoms with E-state index in [1.807, 2.05) is 0 Å². The normalized spacial score (nSPS) is 14.5. The summed E-state index contributed by atoms with van der Waals surface area (Å²) in [6.45, 7) is 0. The Morgan fingerprint density at radius 3 is 2.45 bits per heavy atom. The van der Waals surface area contributed by atoms with Crippen LogP contribution in [0.25, 0.3) is 33.6 Å². The number of furan rings is 1. The Labute approximate surface area is 225 Å². The van der Waals surface area contributed by atoms with Gasteiger partial charge in [-0.05, 0) is 42.5 Å². The van der Waals surface area contributed by atoms with Crippen LogP contribution in [-0.2, 0) is 4.79 Å². The number of methoxy groups -OCH3 is 1. The highest BCUT2D eigenvalue weighted by molar-refractivity contribution is 5.93. The highest BCUT2D eigenvalue weighted by Crippen LogP contribution is 2.47. The number of hydrogen-bond acceptors (Lipinski definition) is 9. The number of fused-ring (bicyclic) bond motifs is 3. The van der Waals surface area contributed by atoms with Crippen molar-refractivity contribution in [2.24, 2.45) is 0 Å². The van der Waals surface area contributed by atoms with E-state index in [2.05, 4.69) is 0 Å². The van der Waals surface area contributed by atoms with Crippen LogP contribution in [0.4, 0.5) is 0 Å². The number of benzene rings is 3. The minimum atomic E-state index is -1.08. The maximum Gasteiger partial charge on any atom is 0.335 e. The van der Waals surface area contributed by atoms with E-state index in [9.17, 15) is 29.7 Å². The van der Waals surface area contributed by atoms with Gasteiger partial charge in [0.25, 0.3) is 0 Å². The third-order valence-corrected chi connectivity index (χ3v) is 6.75. The smallest absolute Gasteiger partial charge is 0.335 e. The molecule has 0 fully saturated rings. The summed E-state index contributed by atoms with van der Waals surface area (Å²) in [5.41, 5.74) is 0.752. The number of phenolic OH excluding ortho intramolecular Hbond substituents is 2. The van der Waals surface area contributed by atoms with Crippen LogP contribution in [0.5, 0.6) is 23.0 Å². The van der Waals surface area contributed by atoms with Crippen molar-refractivity contribution in [3.8, 4) is 45.6 Å². The van der Waals surface area contributed by atoms with E-state index >= 15 is 0 Å². The second kappa shape index (κ2) is 9.35. The van der Waals surface area contributed by atoms with Gasteiger partial charge in [0.1, 0.15) is 39.7 Å². The third kappa shape index (κ3) is 4.11. The summed E-state index contributed by atoms with van der Waals surface area (Å²) < 4.78 is 22.7. The first-order valence-electron chi connectivity index (χ1n) is 12.1. The first-order chi connectivity index (χ1) is 19.2. The second-order valence-electron chi connectivity index (χ2n) is 9.19. The summed E-state index contributed by atoms with van der Waals surface area (Å²) in [4.78, 5) is 37.2. The first-order valence-corrected chi connectivity index (χ1v) is 12.1. The fourth-order valence-corrected chi connectivity index (χ4v) is 4.89. The van der Waals surface area contributed by atoms with Crippen LogP contribution in [0, 0.1) is 0 Å². The zero-order valence-electron chi connectivity index (χ0n) is 20.8. The predicted molar refractivity (Wildman–Crippen MR) is 141 cm³/mol. The molecule has 10 heteroatoms. The molecule has 0 saturated heterocycles. The zero-order chi connectivity index (χ0) is 28.1. The molecule has 0 amide bonds. The highest BCUT2D eigenvalue weighted by atomic mass is 16.5. The molecule has 0 spiro atoms. The van der Waals surface area contributed by atoms with E-state index in [1.54, 1.807) is 30.3 Å². The van der Waals surface area contributed by atoms with Crippen LogP contribution >= 0.6 is 0 Å². The number of phenols is 2. The fraction of sp³-hybridized carbons (Fsp3) is 0.100. The Morgan fingerprint density at radius 1 is 0.900 bits per heavy atom. The molecule has 0 bridgehead atoms. The number of ether oxygens (including phenoxy) is 2. The zero-order valence-corrected chi connectivity index (χ0v) is 20.8. The fourth-order valence-electron chi connectivity index (χ4n) is 4.89. The Bertz CT molecular complexity index is 1900. The first kappa shape index (κ1) is 24.8. The molecule has 1 aliphatic rings. The highest BCUT2D eigenvalue weighted by Gasteiger charge is 2.35. The summed E-state index contributed by atoms with van der Waals surface area (Å²) >= 11 is 0. The Kier molecular flexibility index (Phi) is 5.80. The number of aromatic carboxylic acids is 1. The maximum atomic E-state index is 13.2. The molecule has 1 atom stereocenters. The molecule has 200 valence electrons. The summed E-state index contributed by atoms with van der Waals surface area (Å²) in [5.74, 6) is -1.95. The average molecular weight is 540 g/mol. The Morgan fingerprint density at radius 2 is 1.70 bits per heavy atom. The van der Waals surface area contributed by atoms with Gasteiger partial charge < -0.3 is 33.6 Å². The summed E-state index contributed by atoms with van der Waals surface area (Å²) in [5, 5.41) is 30.1. The van der Waals surface area contributed by atoms with Gasteiger partial charge in [0.15, 0.2) is 16.9 Å². The van der Waals surface area contributed by atoms with E-state index in [1.165, 1.54) is 43.5 Å². The molecule has 5 aromatic rings. The number of carboxylic acids is 1. The monoisotopic (exact) mass is 540 g/mol. The summed E-state index contributed by atoms with van der Waals surface area (Å²) in [6, 6.07) is 16.4. The van der Waals surface area contributed by atoms with Gasteiger partial charge in [0.05, 0.1) is 25.0 Å². The number of carboxylic acid groups (broad SMARTS) is 1. The van der Waals surface area contributed by atoms with Crippen LogP contribution in [-0.4, -0.2) is 34.4 Å². The lowest BCUT2D eigenvalue weighted by molar-refractivity contribution is -0.135. The van der Waals surface area contributed by atoms with Gasteiger partial charge in [0, 0.05) is 28.8 Å². The van der Waals surface area contributed by atoms with Gasteiger partial charge >= 0.3 is 11.9 Å². The van der Waals surface area contributed by atoms with Crippen molar-refractivity contribution < 1.29 is 43.2 Å². The van der Waals surface area contributed by atoms with Crippen molar-refractivity contribution in [2.45, 2.75) is 12.3 Å². The molecule has 1 aliphatic heterocycles. The summed E-state index contributed by atoms with van der Waals surface area (Å²) in [7, 11) is 1.41. The molecule has 0 aliphatic carbocycles. The maximum absolute atomic E-state index is 13.2. The molecular formula is C30H20O10. The third-order valence-electron chi connectivity index (χ3n) is 6.75. The van der Waals surface area contributed by atoms with Gasteiger partial charge in [-0.25, -0.2) is 4.79 Å². The predicted octanol–water partition coefficient (Wildman–Crippen LogP) is 5.28. The van der Waals surface area contributed by atoms with E-state index in [0.29, 0.717) is 28.2 Å². The molecule has 0 unspecified atom stereocenters. The van der Waals surface area contributed by atoms with Crippen molar-refractivity contribution in [1.82, 2.24) is 0 Å². The van der Waals surface area contributed by atoms with Gasteiger partial charge in [0.2, 0.25) is 0 Å². The Hall–Kier alpha value is -5.51. The van der Waals surface area contributed by atoms with E-state index < -0.39 is 29.0 Å². The van der Waals surface area contributed by atoms with Gasteiger partial charge in [-0.3, -0.25) is 9.59 Å². The number of carbonyl (C=O) groups is 2. The van der Waals surface area contributed by atoms with Crippen LogP contribution in [0.15, 0.2) is 80.4 Å². The number of aromatic hydroxyl groups is 2. The lowest BCUT2D eigenvalue weighted by atomic mass is 9.88. The van der Waals surface area contributed by atoms with Crippen molar-refractivity contribution in [1.29, 1.82) is 0 Å². The Balaban J connectivity index is 1.53. The van der Waals surface area contributed by atoms with E-state index in [-0.39, 0.29) is 46.0 Å². The molecule has 0 saturated carbocycles. The standard InChI is InChI=1S/C30H20O10/c1-37-23-6-5-15(10-18(23)31)24-12-19(32)28-20(33)13-25-27(29(28)40-24)17(11-26(34)39-25)22-8-7-21(38-22)14-3-2-4-16(9-14)30(35)36/h2-10,12-13,17,31,33H,11H2,1H3,(H,35,36)/t17-/m0/s1. The largest absolute Gasteiger partial charge is 0.507 e. The van der Waals surface area contributed by atoms with E-state index in [0.717, 1.165) is 0 Å². The van der Waals surface area contributed by atoms with Gasteiger partial charge in [-0.1, -0.05) is 12.1 Å². The number of esters is 1. The lowest BCUT2D eigenvalue weighted by Gasteiger charge is -2.24. The number of hydrogen-bond donors (Lipinski definition) is 3. The number of carbonyl (C=O) groups excluding carboxylic acids is 1. The SMILES string of the molecule is COc1ccc(-c2cc(=O)c3c(O)cc4c(c3o2)[C@H](c2ccc(-c3cccc(C(=O)O)c3)o2)CC(=O)O4)cc1O. The van der Waals surface area contributed by atoms with Crippen LogP contribution in [0.3, 0.4) is 0 Å². The van der Waals surface area contributed by atoms with Crippen LogP contribution in [0.2, 0.25) is 0 Å². The topological polar surface area (TPSA) is 157 Å². The molecule has 0 radical (unpaired) electrons. The van der Waals surface area contributed by atoms with E-state index in [4.69, 9.17) is 18.3 Å². The lowest BCUT2D eigenvalue weighted by Crippen LogP contribution is -2.21. The molecule has 3 aromatic carbocycles. The summed E-state index contributed by atoms with van der Waals surface area (Å²) in [6.07, 6.45) is -0.147. The van der Waals surface area contributed by atoms with Crippen molar-refractivity contribution in [3.05, 3.63) is 93.8 Å². The molecule has 2 aromatic heterocycles. The minimum absolute atomic E-state index is 0.00358. The van der Waals surface area contributed by atoms with Crippen LogP contribution in [0.1, 0.15) is 34.0 Å². The van der Waals surface area contributed by atoms with Gasteiger partial charge in [-0.2, -0.15) is 0 Å². The van der Waals surface area contributed by atoms with Crippen molar-refractivity contribution in [2.75, 3.05) is 7.11 Å². The quantitative estimate of drug-likeness (QED) is 0.198. The van der Waals surface area contributed by atoms with Crippen molar-refractivity contribution in [3.63, 3.8) is 0 Å². The minimum Gasteiger partial charge on any atom is -0.507 e. The molecule has 40 heavy (non-hydrogen) atoms. The van der Waals surface area contributed by atoms with Crippen LogP contribution < -0.4 is 14.9 Å². The van der Waals surface area contributed by atoms with Gasteiger partial charge in [-0.15, -0.1) is 0 Å². The molecule has 3 N–H and O–H groups in total. The molecular weight excluding hydrogens is 520 g/mol. The molecule has 6 rings (SSSR count). The molecule has 10 nitrogen and oxygen atoms in total. The second-order valence-corrected chi connectivity index (χ2v) is 9.19. The number of rotatable bonds is 5.